The average Bonchev–Trinajstić information content (AvgIpc) is 3.19. The van der Waals surface area contributed by atoms with Crippen molar-refractivity contribution in [3.05, 3.63) is 11.6 Å². The lowest BCUT2D eigenvalue weighted by Gasteiger charge is -2.49. The Labute approximate surface area is 316 Å². The summed E-state index contributed by atoms with van der Waals surface area (Å²) in [6.45, 7) is 0. The van der Waals surface area contributed by atoms with Crippen LogP contribution < -0.4 is 0 Å². The van der Waals surface area contributed by atoms with Crippen molar-refractivity contribution in [2.75, 3.05) is 0 Å². The van der Waals surface area contributed by atoms with Crippen molar-refractivity contribution in [2.45, 2.75) is 249 Å². The third-order valence-electron chi connectivity index (χ3n) is 16.8. The summed E-state index contributed by atoms with van der Waals surface area (Å²) in [4.78, 5) is 3.25. The van der Waals surface area contributed by atoms with Crippen molar-refractivity contribution in [2.24, 2.45) is 41.4 Å². The molecule has 0 aliphatic heterocycles. The molecule has 7 aliphatic carbocycles. The molecule has 0 aromatic heterocycles. The highest BCUT2D eigenvalue weighted by molar-refractivity contribution is 5.15. The van der Waals surface area contributed by atoms with E-state index in [1.807, 2.05) is 5.57 Å². The lowest BCUT2D eigenvalue weighted by atomic mass is 9.71. The Morgan fingerprint density at radius 1 is 0.373 bits per heavy atom. The average molecular weight is 706 g/mol. The lowest BCUT2D eigenvalue weighted by Crippen LogP contribution is -2.52. The Kier molecular flexibility index (Phi) is 15.2. The predicted octanol–water partition coefficient (Wildman–Crippen LogP) is 12.7. The molecule has 0 atom stereocenters. The van der Waals surface area contributed by atoms with Crippen molar-refractivity contribution in [1.29, 1.82) is 0 Å². The minimum atomic E-state index is -0.00783. The van der Waals surface area contributed by atoms with Gasteiger partial charge in [0.15, 0.2) is 0 Å². The van der Waals surface area contributed by atoms with Crippen LogP contribution in [-0.2, 0) is 0 Å². The largest absolute Gasteiger partial charge is 0.393 e. The fraction of sp³-hybridized carbons (Fsp3) is 0.958. The van der Waals surface area contributed by atoms with E-state index < -0.39 is 0 Å². The van der Waals surface area contributed by atoms with Crippen LogP contribution in [0.15, 0.2) is 11.6 Å². The molecule has 3 heteroatoms. The Hall–Kier alpha value is -0.380. The van der Waals surface area contributed by atoms with E-state index in [4.69, 9.17) is 0 Å². The van der Waals surface area contributed by atoms with Gasteiger partial charge in [0.1, 0.15) is 0 Å². The smallest absolute Gasteiger partial charge is 0.0540 e. The zero-order chi connectivity index (χ0) is 34.8. The monoisotopic (exact) mass is 706 g/mol. The molecule has 2 N–H and O–H groups in total. The van der Waals surface area contributed by atoms with E-state index in [0.717, 1.165) is 85.2 Å². The summed E-state index contributed by atoms with van der Waals surface area (Å²) in [5.74, 6) is 6.42. The first-order valence-corrected chi connectivity index (χ1v) is 23.9. The van der Waals surface area contributed by atoms with Gasteiger partial charge in [-0.15, -0.1) is 0 Å². The SMILES string of the molecule is OC1CCC(CCC2CCC(N(C3CCC(C=C(C4CCCCC4)C4CCCCC4)CC3)C3CCC(CCC4CCC(O)CC4)CC3)CC2)CC1. The number of aliphatic hydroxyl groups excluding tert-OH is 2. The van der Waals surface area contributed by atoms with Crippen molar-refractivity contribution in [3.63, 3.8) is 0 Å². The van der Waals surface area contributed by atoms with Crippen LogP contribution >= 0.6 is 0 Å². The van der Waals surface area contributed by atoms with E-state index in [0.29, 0.717) is 0 Å². The Morgan fingerprint density at radius 3 is 1.04 bits per heavy atom. The first-order valence-electron chi connectivity index (χ1n) is 23.9. The Balaban J connectivity index is 0.949. The number of rotatable bonds is 12. The highest BCUT2D eigenvalue weighted by atomic mass is 16.3. The van der Waals surface area contributed by atoms with Crippen molar-refractivity contribution < 1.29 is 10.2 Å². The van der Waals surface area contributed by atoms with Crippen molar-refractivity contribution >= 4 is 0 Å². The van der Waals surface area contributed by atoms with Gasteiger partial charge in [-0.3, -0.25) is 4.90 Å². The number of hydrogen-bond acceptors (Lipinski definition) is 3. The van der Waals surface area contributed by atoms with Gasteiger partial charge in [0, 0.05) is 18.1 Å². The van der Waals surface area contributed by atoms with Crippen LogP contribution in [-0.4, -0.2) is 45.4 Å². The van der Waals surface area contributed by atoms with Gasteiger partial charge in [0.2, 0.25) is 0 Å². The van der Waals surface area contributed by atoms with Gasteiger partial charge in [-0.05, 0) is 196 Å². The first kappa shape index (κ1) is 38.9. The molecule has 7 aliphatic rings. The van der Waals surface area contributed by atoms with E-state index in [-0.39, 0.29) is 12.2 Å². The molecule has 0 saturated heterocycles. The van der Waals surface area contributed by atoms with Crippen LogP contribution in [0.4, 0.5) is 0 Å². The van der Waals surface area contributed by atoms with Crippen LogP contribution in [0.25, 0.3) is 0 Å². The van der Waals surface area contributed by atoms with Gasteiger partial charge in [-0.25, -0.2) is 0 Å². The minimum Gasteiger partial charge on any atom is -0.393 e. The minimum absolute atomic E-state index is 0.00783. The molecule has 292 valence electrons. The summed E-state index contributed by atoms with van der Waals surface area (Å²) < 4.78 is 0. The standard InChI is InChI=1S/C48H83NO2/c50-46-31-21-38(22-32-46)13-11-36-15-25-43(26-16-36)49(44-27-17-37(18-28-44)12-14-39-23-33-47(51)34-24-39)45-29-19-40(20-30-45)35-48(41-7-3-1-4-8-41)42-9-5-2-6-10-42/h35-47,50-51H,1-34H2. The quantitative estimate of drug-likeness (QED) is 0.199. The second kappa shape index (κ2) is 20.0. The molecule has 3 nitrogen and oxygen atoms in total. The van der Waals surface area contributed by atoms with Gasteiger partial charge in [-0.1, -0.05) is 75.9 Å². The molecule has 0 unspecified atom stereocenters. The van der Waals surface area contributed by atoms with Crippen LogP contribution in [0, 0.1) is 41.4 Å². The Bertz CT molecular complexity index is 922. The van der Waals surface area contributed by atoms with Gasteiger partial charge in [-0.2, -0.15) is 0 Å². The number of allylic oxidation sites excluding steroid dienone is 2. The van der Waals surface area contributed by atoms with Crippen molar-refractivity contribution in [1.82, 2.24) is 4.90 Å². The molecule has 0 radical (unpaired) electrons. The highest BCUT2D eigenvalue weighted by Crippen LogP contribution is 2.45. The summed E-state index contributed by atoms with van der Waals surface area (Å²) in [6, 6.07) is 2.53. The molecule has 0 amide bonds. The summed E-state index contributed by atoms with van der Waals surface area (Å²) in [5.41, 5.74) is 1.97. The van der Waals surface area contributed by atoms with E-state index in [2.05, 4.69) is 11.0 Å². The molecule has 0 spiro atoms. The molecule has 51 heavy (non-hydrogen) atoms. The van der Waals surface area contributed by atoms with Gasteiger partial charge < -0.3 is 10.2 Å². The number of hydrogen-bond donors (Lipinski definition) is 2. The third kappa shape index (κ3) is 11.3. The van der Waals surface area contributed by atoms with E-state index in [9.17, 15) is 10.2 Å². The maximum absolute atomic E-state index is 9.99. The molecule has 0 bridgehead atoms. The fourth-order valence-electron chi connectivity index (χ4n) is 13.5. The molecule has 0 aromatic carbocycles. The van der Waals surface area contributed by atoms with E-state index >= 15 is 0 Å². The third-order valence-corrected chi connectivity index (χ3v) is 16.8. The molecule has 7 fully saturated rings. The first-order chi connectivity index (χ1) is 25.1. The molecule has 0 aromatic rings. The van der Waals surface area contributed by atoms with Crippen LogP contribution in [0.3, 0.4) is 0 Å². The molecule has 7 saturated carbocycles. The maximum Gasteiger partial charge on any atom is 0.0540 e. The van der Waals surface area contributed by atoms with Gasteiger partial charge in [0.25, 0.3) is 0 Å². The number of nitrogens with zero attached hydrogens (tertiary/aromatic N) is 1. The summed E-state index contributed by atoms with van der Waals surface area (Å²) in [6.07, 6.45) is 50.5. The van der Waals surface area contributed by atoms with Crippen LogP contribution in [0.2, 0.25) is 0 Å². The topological polar surface area (TPSA) is 43.7 Å². The normalized spacial score (nSPS) is 39.5. The zero-order valence-electron chi connectivity index (χ0n) is 33.4. The fourth-order valence-corrected chi connectivity index (χ4v) is 13.5. The summed E-state index contributed by atoms with van der Waals surface area (Å²) in [7, 11) is 0. The lowest BCUT2D eigenvalue weighted by molar-refractivity contribution is 0.00394. The maximum atomic E-state index is 9.99. The van der Waals surface area contributed by atoms with E-state index in [1.54, 1.807) is 0 Å². The van der Waals surface area contributed by atoms with Crippen LogP contribution in [0.5, 0.6) is 0 Å². The predicted molar refractivity (Wildman–Crippen MR) is 215 cm³/mol. The molecule has 7 rings (SSSR count). The Morgan fingerprint density at radius 2 is 0.686 bits per heavy atom. The zero-order valence-corrected chi connectivity index (χ0v) is 33.4. The molecule has 0 heterocycles. The van der Waals surface area contributed by atoms with Gasteiger partial charge in [0.05, 0.1) is 12.2 Å². The van der Waals surface area contributed by atoms with Gasteiger partial charge >= 0.3 is 0 Å². The van der Waals surface area contributed by atoms with Crippen LogP contribution in [0.1, 0.15) is 218 Å². The highest BCUT2D eigenvalue weighted by Gasteiger charge is 2.39. The van der Waals surface area contributed by atoms with Crippen molar-refractivity contribution in [3.8, 4) is 0 Å². The number of aliphatic hydroxyl groups is 2. The molecular weight excluding hydrogens is 623 g/mol. The second-order valence-electron chi connectivity index (χ2n) is 20.2. The molecular formula is C48H83NO2. The summed E-state index contributed by atoms with van der Waals surface area (Å²) >= 11 is 0. The second-order valence-corrected chi connectivity index (χ2v) is 20.2. The summed E-state index contributed by atoms with van der Waals surface area (Å²) in [5, 5.41) is 20.0. The van der Waals surface area contributed by atoms with E-state index in [1.165, 1.54) is 193 Å².